The predicted octanol–water partition coefficient (Wildman–Crippen LogP) is 1.93. The van der Waals surface area contributed by atoms with E-state index in [1.807, 2.05) is 14.0 Å². The van der Waals surface area contributed by atoms with Gasteiger partial charge in [-0.05, 0) is 41.6 Å². The van der Waals surface area contributed by atoms with E-state index < -0.39 is 0 Å². The van der Waals surface area contributed by atoms with Crippen molar-refractivity contribution in [2.75, 3.05) is 0 Å². The van der Waals surface area contributed by atoms with Gasteiger partial charge in [-0.1, -0.05) is 0 Å². The molecule has 1 atom stereocenters. The Hall–Kier alpha value is -0.350. The third-order valence-corrected chi connectivity index (χ3v) is 3.61. The number of aliphatic hydroxyl groups is 1. The Balaban J connectivity index is 2.33. The van der Waals surface area contributed by atoms with E-state index in [9.17, 15) is 5.11 Å². The zero-order valence-electron chi connectivity index (χ0n) is 7.79. The summed E-state index contributed by atoms with van der Waals surface area (Å²) < 4.78 is 2.75. The van der Waals surface area contributed by atoms with Gasteiger partial charge in [0.15, 0.2) is 0 Å². The number of nitrogens with zero attached hydrogens (tertiary/aromatic N) is 2. The molecular weight excluding hydrogens is 232 g/mol. The van der Waals surface area contributed by atoms with Crippen LogP contribution in [0.15, 0.2) is 4.47 Å². The lowest BCUT2D eigenvalue weighted by Crippen LogP contribution is -2.02. The van der Waals surface area contributed by atoms with Crippen molar-refractivity contribution in [3.05, 3.63) is 15.9 Å². The van der Waals surface area contributed by atoms with Crippen molar-refractivity contribution in [1.82, 2.24) is 9.78 Å². The summed E-state index contributed by atoms with van der Waals surface area (Å²) in [6.07, 6.45) is 1.88. The maximum atomic E-state index is 9.87. The summed E-state index contributed by atoms with van der Waals surface area (Å²) in [5.74, 6) is 0.436. The van der Waals surface area contributed by atoms with Gasteiger partial charge in [-0.3, -0.25) is 4.68 Å². The van der Waals surface area contributed by atoms with Crippen LogP contribution in [0.4, 0.5) is 0 Å². The summed E-state index contributed by atoms with van der Waals surface area (Å²) in [4.78, 5) is 0. The molecule has 1 heterocycles. The molecule has 2 rings (SSSR count). The number of hydrogen-bond donors (Lipinski definition) is 1. The second-order valence-electron chi connectivity index (χ2n) is 3.69. The highest BCUT2D eigenvalue weighted by molar-refractivity contribution is 9.10. The molecule has 0 bridgehead atoms. The molecule has 0 amide bonds. The lowest BCUT2D eigenvalue weighted by molar-refractivity contribution is 0.147. The molecule has 1 N–H and O–H groups in total. The average Bonchev–Trinajstić information content (AvgIpc) is 2.89. The van der Waals surface area contributed by atoms with Crippen LogP contribution < -0.4 is 0 Å². The Morgan fingerprint density at radius 2 is 2.23 bits per heavy atom. The second kappa shape index (κ2) is 3.10. The summed E-state index contributed by atoms with van der Waals surface area (Å²) in [7, 11) is 1.89. The van der Waals surface area contributed by atoms with E-state index in [1.54, 1.807) is 4.68 Å². The Morgan fingerprint density at radius 1 is 1.62 bits per heavy atom. The fourth-order valence-corrected chi connectivity index (χ4v) is 2.00. The summed E-state index contributed by atoms with van der Waals surface area (Å²) in [5, 5.41) is 14.2. The van der Waals surface area contributed by atoms with Crippen LogP contribution in [0.2, 0.25) is 0 Å². The summed E-state index contributed by atoms with van der Waals surface area (Å²) in [6.45, 7) is 1.99. The molecule has 0 saturated heterocycles. The van der Waals surface area contributed by atoms with Gasteiger partial charge in [-0.2, -0.15) is 5.10 Å². The molecule has 0 aliphatic heterocycles. The SMILES string of the molecule is Cc1c(Br)c([C@H](O)C2CC2)nn1C. The van der Waals surface area contributed by atoms with E-state index in [1.165, 1.54) is 0 Å². The van der Waals surface area contributed by atoms with Crippen molar-refractivity contribution < 1.29 is 5.11 Å². The maximum absolute atomic E-state index is 9.87. The number of rotatable bonds is 2. The van der Waals surface area contributed by atoms with Gasteiger partial charge in [0, 0.05) is 12.7 Å². The Labute approximate surface area is 85.9 Å². The molecule has 72 valence electrons. The van der Waals surface area contributed by atoms with Gasteiger partial charge in [0.1, 0.15) is 11.8 Å². The summed E-state index contributed by atoms with van der Waals surface area (Å²) >= 11 is 3.45. The standard InChI is InChI=1S/C9H13BrN2O/c1-5-7(10)8(11-12(5)2)9(13)6-3-4-6/h6,9,13H,3-4H2,1-2H3/t9-/m1/s1. The van der Waals surface area contributed by atoms with Crippen LogP contribution >= 0.6 is 15.9 Å². The minimum atomic E-state index is -0.380. The van der Waals surface area contributed by atoms with Gasteiger partial charge in [-0.15, -0.1) is 0 Å². The number of aryl methyl sites for hydroxylation is 1. The van der Waals surface area contributed by atoms with Gasteiger partial charge >= 0.3 is 0 Å². The first-order valence-electron chi connectivity index (χ1n) is 4.48. The molecule has 0 unspecified atom stereocenters. The highest BCUT2D eigenvalue weighted by atomic mass is 79.9. The molecule has 4 heteroatoms. The van der Waals surface area contributed by atoms with Crippen molar-refractivity contribution >= 4 is 15.9 Å². The third-order valence-electron chi connectivity index (χ3n) is 2.63. The van der Waals surface area contributed by atoms with E-state index in [4.69, 9.17) is 0 Å². The van der Waals surface area contributed by atoms with Crippen LogP contribution in [0.1, 0.15) is 30.3 Å². The molecule has 0 radical (unpaired) electrons. The molecule has 1 fully saturated rings. The smallest absolute Gasteiger partial charge is 0.106 e. The Kier molecular flexibility index (Phi) is 2.20. The van der Waals surface area contributed by atoms with Crippen molar-refractivity contribution in [1.29, 1.82) is 0 Å². The van der Waals surface area contributed by atoms with Gasteiger partial charge in [0.05, 0.1) is 4.47 Å². The molecule has 1 aliphatic carbocycles. The van der Waals surface area contributed by atoms with E-state index >= 15 is 0 Å². The second-order valence-corrected chi connectivity index (χ2v) is 4.48. The van der Waals surface area contributed by atoms with Crippen LogP contribution in [-0.4, -0.2) is 14.9 Å². The topological polar surface area (TPSA) is 38.1 Å². The highest BCUT2D eigenvalue weighted by Crippen LogP contribution is 2.42. The normalized spacial score (nSPS) is 19.1. The Bertz CT molecular complexity index is 331. The Morgan fingerprint density at radius 3 is 2.62 bits per heavy atom. The van der Waals surface area contributed by atoms with Gasteiger partial charge < -0.3 is 5.11 Å². The molecular formula is C9H13BrN2O. The molecule has 1 saturated carbocycles. The van der Waals surface area contributed by atoms with E-state index in [0.29, 0.717) is 5.92 Å². The van der Waals surface area contributed by atoms with Crippen LogP contribution in [0.3, 0.4) is 0 Å². The van der Waals surface area contributed by atoms with E-state index in [-0.39, 0.29) is 6.10 Å². The molecule has 3 nitrogen and oxygen atoms in total. The molecule has 1 aromatic rings. The first kappa shape index (κ1) is 9.21. The maximum Gasteiger partial charge on any atom is 0.106 e. The van der Waals surface area contributed by atoms with Crippen molar-refractivity contribution in [3.8, 4) is 0 Å². The first-order chi connectivity index (χ1) is 6.11. The highest BCUT2D eigenvalue weighted by Gasteiger charge is 2.34. The summed E-state index contributed by atoms with van der Waals surface area (Å²) in [6, 6.07) is 0. The van der Waals surface area contributed by atoms with Crippen molar-refractivity contribution in [2.24, 2.45) is 13.0 Å². The van der Waals surface area contributed by atoms with Crippen LogP contribution in [0.25, 0.3) is 0 Å². The number of hydrogen-bond acceptors (Lipinski definition) is 2. The summed E-state index contributed by atoms with van der Waals surface area (Å²) in [5.41, 5.74) is 1.86. The minimum Gasteiger partial charge on any atom is -0.386 e. The van der Waals surface area contributed by atoms with E-state index in [0.717, 1.165) is 28.7 Å². The van der Waals surface area contributed by atoms with Crippen LogP contribution in [0.5, 0.6) is 0 Å². The number of halogens is 1. The lowest BCUT2D eigenvalue weighted by atomic mass is 10.1. The molecule has 1 aliphatic rings. The predicted molar refractivity (Wildman–Crippen MR) is 53.3 cm³/mol. The first-order valence-corrected chi connectivity index (χ1v) is 5.27. The minimum absolute atomic E-state index is 0.380. The third kappa shape index (κ3) is 1.53. The molecule has 13 heavy (non-hydrogen) atoms. The number of aliphatic hydroxyl groups excluding tert-OH is 1. The van der Waals surface area contributed by atoms with Gasteiger partial charge in [0.25, 0.3) is 0 Å². The van der Waals surface area contributed by atoms with Crippen molar-refractivity contribution in [3.63, 3.8) is 0 Å². The van der Waals surface area contributed by atoms with E-state index in [2.05, 4.69) is 21.0 Å². The fourth-order valence-electron chi connectivity index (χ4n) is 1.43. The van der Waals surface area contributed by atoms with Gasteiger partial charge in [-0.25, -0.2) is 0 Å². The fraction of sp³-hybridized carbons (Fsp3) is 0.667. The van der Waals surface area contributed by atoms with Crippen LogP contribution in [-0.2, 0) is 7.05 Å². The van der Waals surface area contributed by atoms with Gasteiger partial charge in [0.2, 0.25) is 0 Å². The zero-order chi connectivity index (χ0) is 9.59. The quantitative estimate of drug-likeness (QED) is 0.864. The molecule has 1 aromatic heterocycles. The largest absolute Gasteiger partial charge is 0.386 e. The zero-order valence-corrected chi connectivity index (χ0v) is 9.37. The number of aromatic nitrogens is 2. The lowest BCUT2D eigenvalue weighted by Gasteiger charge is -2.05. The van der Waals surface area contributed by atoms with Crippen molar-refractivity contribution in [2.45, 2.75) is 25.9 Å². The monoisotopic (exact) mass is 244 g/mol. The molecule has 0 aromatic carbocycles. The average molecular weight is 245 g/mol. The molecule has 0 spiro atoms. The van der Waals surface area contributed by atoms with Crippen LogP contribution in [0, 0.1) is 12.8 Å².